The summed E-state index contributed by atoms with van der Waals surface area (Å²) in [6.07, 6.45) is 1.55. The van der Waals surface area contributed by atoms with Crippen molar-refractivity contribution in [1.82, 2.24) is 19.5 Å². The van der Waals surface area contributed by atoms with Crippen molar-refractivity contribution >= 4 is 10.0 Å². The molecule has 0 aliphatic carbocycles. The first-order chi connectivity index (χ1) is 9.94. The summed E-state index contributed by atoms with van der Waals surface area (Å²) in [5.41, 5.74) is 5.94. The molecule has 0 bridgehead atoms. The number of hydrogen-bond donors (Lipinski definition) is 2. The zero-order chi connectivity index (χ0) is 15.5. The second-order valence-corrected chi connectivity index (χ2v) is 7.14. The van der Waals surface area contributed by atoms with Crippen LogP contribution in [0.3, 0.4) is 0 Å². The molecule has 0 radical (unpaired) electrons. The van der Waals surface area contributed by atoms with Gasteiger partial charge in [-0.25, -0.2) is 13.1 Å². The molecule has 1 atom stereocenters. The zero-order valence-electron chi connectivity index (χ0n) is 12.5. The van der Waals surface area contributed by atoms with Crippen LogP contribution in [0.4, 0.5) is 0 Å². The van der Waals surface area contributed by atoms with Gasteiger partial charge in [-0.05, 0) is 26.2 Å². The lowest BCUT2D eigenvalue weighted by atomic mass is 10.2. The van der Waals surface area contributed by atoms with Crippen LogP contribution in [-0.2, 0) is 16.6 Å². The number of nitrogens with one attached hydrogen (secondary N) is 1. The van der Waals surface area contributed by atoms with Gasteiger partial charge in [-0.2, -0.15) is 0 Å². The van der Waals surface area contributed by atoms with Gasteiger partial charge in [-0.3, -0.25) is 9.88 Å². The highest BCUT2D eigenvalue weighted by molar-refractivity contribution is 7.89. The molecule has 3 N–H and O–H groups in total. The summed E-state index contributed by atoms with van der Waals surface area (Å²) in [5.74, 6) is 0. The molecule has 118 valence electrons. The maximum absolute atomic E-state index is 12.4. The fraction of sp³-hybridized carbons (Fsp3) is 0.615. The van der Waals surface area contributed by atoms with E-state index in [1.54, 1.807) is 12.3 Å². The molecule has 1 fully saturated rings. The van der Waals surface area contributed by atoms with Crippen LogP contribution in [0.25, 0.3) is 0 Å². The van der Waals surface area contributed by atoms with Gasteiger partial charge in [0.05, 0.1) is 5.69 Å². The van der Waals surface area contributed by atoms with E-state index in [0.29, 0.717) is 12.2 Å². The molecule has 1 saturated heterocycles. The Morgan fingerprint density at radius 3 is 2.90 bits per heavy atom. The van der Waals surface area contributed by atoms with Crippen molar-refractivity contribution in [1.29, 1.82) is 0 Å². The van der Waals surface area contributed by atoms with Crippen molar-refractivity contribution in [3.8, 4) is 0 Å². The molecule has 1 aliphatic heterocycles. The fourth-order valence-electron chi connectivity index (χ4n) is 2.43. The molecule has 7 nitrogen and oxygen atoms in total. The summed E-state index contributed by atoms with van der Waals surface area (Å²) in [7, 11) is 0.478. The van der Waals surface area contributed by atoms with Crippen LogP contribution in [0.15, 0.2) is 23.2 Å². The van der Waals surface area contributed by atoms with E-state index in [2.05, 4.69) is 19.5 Å². The van der Waals surface area contributed by atoms with Crippen molar-refractivity contribution in [2.75, 3.05) is 40.3 Å². The van der Waals surface area contributed by atoms with Crippen LogP contribution in [0.2, 0.25) is 0 Å². The van der Waals surface area contributed by atoms with Gasteiger partial charge in [0.15, 0.2) is 0 Å². The summed E-state index contributed by atoms with van der Waals surface area (Å²) in [4.78, 5) is 8.57. The largest absolute Gasteiger partial charge is 0.325 e. The van der Waals surface area contributed by atoms with Gasteiger partial charge in [0.2, 0.25) is 10.0 Å². The normalized spacial score (nSPS) is 21.6. The number of nitrogens with two attached hydrogens (primary N) is 1. The third-order valence-corrected chi connectivity index (χ3v) is 5.32. The highest BCUT2D eigenvalue weighted by Crippen LogP contribution is 2.13. The maximum atomic E-state index is 12.4. The number of hydrogen-bond acceptors (Lipinski definition) is 6. The van der Waals surface area contributed by atoms with E-state index in [1.165, 1.54) is 6.07 Å². The molecule has 8 heteroatoms. The minimum absolute atomic E-state index is 0.100. The Labute approximate surface area is 126 Å². The van der Waals surface area contributed by atoms with Crippen molar-refractivity contribution in [3.63, 3.8) is 0 Å². The molecule has 2 heterocycles. The summed E-state index contributed by atoms with van der Waals surface area (Å²) >= 11 is 0. The predicted octanol–water partition coefficient (Wildman–Crippen LogP) is -0.936. The Morgan fingerprint density at radius 2 is 2.19 bits per heavy atom. The highest BCUT2D eigenvalue weighted by Gasteiger charge is 2.25. The Morgan fingerprint density at radius 1 is 1.43 bits per heavy atom. The minimum Gasteiger partial charge on any atom is -0.325 e. The van der Waals surface area contributed by atoms with Crippen molar-refractivity contribution in [2.45, 2.75) is 17.5 Å². The van der Waals surface area contributed by atoms with E-state index in [9.17, 15) is 8.42 Å². The van der Waals surface area contributed by atoms with Crippen LogP contribution in [0, 0.1) is 0 Å². The van der Waals surface area contributed by atoms with Crippen LogP contribution in [-0.4, -0.2) is 69.5 Å². The Bertz CT molecular complexity index is 578. The smallest absolute Gasteiger partial charge is 0.242 e. The van der Waals surface area contributed by atoms with Crippen molar-refractivity contribution in [2.24, 2.45) is 5.73 Å². The molecule has 0 spiro atoms. The molecule has 1 aliphatic rings. The van der Waals surface area contributed by atoms with E-state index in [-0.39, 0.29) is 17.5 Å². The number of piperazine rings is 1. The second-order valence-electron chi connectivity index (χ2n) is 5.40. The van der Waals surface area contributed by atoms with Gasteiger partial charge >= 0.3 is 0 Å². The van der Waals surface area contributed by atoms with E-state index in [1.807, 2.05) is 14.1 Å². The molecule has 0 aromatic carbocycles. The third kappa shape index (κ3) is 3.98. The number of nitrogens with zero attached hydrogens (tertiary/aromatic N) is 3. The lowest BCUT2D eigenvalue weighted by Crippen LogP contribution is -2.54. The van der Waals surface area contributed by atoms with Crippen LogP contribution >= 0.6 is 0 Å². The molecule has 1 unspecified atom stereocenters. The van der Waals surface area contributed by atoms with Gasteiger partial charge < -0.3 is 10.6 Å². The summed E-state index contributed by atoms with van der Waals surface area (Å²) in [6.45, 7) is 3.25. The molecular weight excluding hydrogens is 290 g/mol. The average molecular weight is 313 g/mol. The van der Waals surface area contributed by atoms with Gasteiger partial charge in [0, 0.05) is 45.0 Å². The predicted molar refractivity (Wildman–Crippen MR) is 81.2 cm³/mol. The molecule has 1 aromatic rings. The summed E-state index contributed by atoms with van der Waals surface area (Å²) in [6, 6.07) is 3.30. The molecule has 1 aromatic heterocycles. The number of pyridine rings is 1. The van der Waals surface area contributed by atoms with Gasteiger partial charge in [0.1, 0.15) is 4.90 Å². The number of likely N-dealkylation sites (N-methyl/N-ethyl adjacent to an activating group) is 2. The summed E-state index contributed by atoms with van der Waals surface area (Å²) < 4.78 is 27.5. The average Bonchev–Trinajstić information content (AvgIpc) is 2.48. The third-order valence-electron chi connectivity index (χ3n) is 3.82. The highest BCUT2D eigenvalue weighted by atomic mass is 32.2. The molecule has 2 rings (SSSR count). The molecular formula is C13H23N5O2S. The Hall–Kier alpha value is -1.06. The van der Waals surface area contributed by atoms with E-state index >= 15 is 0 Å². The van der Waals surface area contributed by atoms with Crippen LogP contribution < -0.4 is 10.5 Å². The Balaban J connectivity index is 2.07. The lowest BCUT2D eigenvalue weighted by Gasteiger charge is -2.37. The molecule has 21 heavy (non-hydrogen) atoms. The van der Waals surface area contributed by atoms with E-state index in [0.717, 1.165) is 19.6 Å². The Kier molecular flexibility index (Phi) is 5.28. The molecule has 0 saturated carbocycles. The van der Waals surface area contributed by atoms with Crippen molar-refractivity contribution in [3.05, 3.63) is 24.0 Å². The number of sulfonamides is 1. The lowest BCUT2D eigenvalue weighted by molar-refractivity contribution is 0.117. The standard InChI is InChI=1S/C13H23N5O2S/c1-17-6-7-18(2)11(10-17)9-16-21(19,20)13-4-3-5-15-12(13)8-14/h3-5,11,16H,6-10,14H2,1-2H3. The van der Waals surface area contributed by atoms with Crippen molar-refractivity contribution < 1.29 is 8.42 Å². The van der Waals surface area contributed by atoms with Crippen LogP contribution in [0.5, 0.6) is 0 Å². The van der Waals surface area contributed by atoms with E-state index in [4.69, 9.17) is 5.73 Å². The maximum Gasteiger partial charge on any atom is 0.242 e. The SMILES string of the molecule is CN1CCN(C)C(CNS(=O)(=O)c2cccnc2CN)C1. The second kappa shape index (κ2) is 6.80. The topological polar surface area (TPSA) is 91.6 Å². The first kappa shape index (κ1) is 16.3. The molecule has 0 amide bonds. The quantitative estimate of drug-likeness (QED) is 0.729. The fourth-order valence-corrected chi connectivity index (χ4v) is 3.70. The monoisotopic (exact) mass is 313 g/mol. The zero-order valence-corrected chi connectivity index (χ0v) is 13.3. The van der Waals surface area contributed by atoms with E-state index < -0.39 is 10.0 Å². The first-order valence-corrected chi connectivity index (χ1v) is 8.45. The van der Waals surface area contributed by atoms with Gasteiger partial charge in [0.25, 0.3) is 0 Å². The first-order valence-electron chi connectivity index (χ1n) is 6.96. The minimum atomic E-state index is -3.58. The number of rotatable bonds is 5. The van der Waals surface area contributed by atoms with Crippen LogP contribution in [0.1, 0.15) is 5.69 Å². The van der Waals surface area contributed by atoms with Gasteiger partial charge in [-0.1, -0.05) is 0 Å². The van der Waals surface area contributed by atoms with Gasteiger partial charge in [-0.15, -0.1) is 0 Å². The number of aromatic nitrogens is 1. The summed E-state index contributed by atoms with van der Waals surface area (Å²) in [5, 5.41) is 0.